The van der Waals surface area contributed by atoms with Crippen LogP contribution in [0, 0.1) is 11.6 Å². The first-order valence-corrected chi connectivity index (χ1v) is 9.95. The minimum Gasteiger partial charge on any atom is -0.330 e. The van der Waals surface area contributed by atoms with Crippen molar-refractivity contribution in [2.24, 2.45) is 0 Å². The highest BCUT2D eigenvalue weighted by Gasteiger charge is 2.21. The Bertz CT molecular complexity index is 1240. The third-order valence-electron chi connectivity index (χ3n) is 5.29. The van der Waals surface area contributed by atoms with Gasteiger partial charge in [-0.25, -0.2) is 13.8 Å². The zero-order valence-electron chi connectivity index (χ0n) is 16.8. The minimum atomic E-state index is -0.901. The zero-order valence-corrected chi connectivity index (χ0v) is 16.8. The molecule has 2 heterocycles. The summed E-state index contributed by atoms with van der Waals surface area (Å²) in [5.74, 6) is -2.28. The van der Waals surface area contributed by atoms with Crippen LogP contribution in [0.4, 0.5) is 14.5 Å². The number of aryl methyl sites for hydroxylation is 1. The lowest BCUT2D eigenvalue weighted by molar-refractivity contribution is -0.116. The van der Waals surface area contributed by atoms with Gasteiger partial charge in [-0.2, -0.15) is 0 Å². The monoisotopic (exact) mass is 426 g/mol. The number of anilines is 1. The van der Waals surface area contributed by atoms with Gasteiger partial charge in [0.05, 0.1) is 10.9 Å². The van der Waals surface area contributed by atoms with Gasteiger partial charge in [0.15, 0.2) is 0 Å². The summed E-state index contributed by atoms with van der Waals surface area (Å²) in [6, 6.07) is 7.87. The number of para-hydroxylation sites is 1. The van der Waals surface area contributed by atoms with Crippen molar-refractivity contribution < 1.29 is 18.4 Å². The topological polar surface area (TPSA) is 84.3 Å². The largest absolute Gasteiger partial charge is 0.330 e. The second kappa shape index (κ2) is 8.25. The number of fused-ring (bicyclic) bond motifs is 2. The quantitative estimate of drug-likeness (QED) is 0.680. The van der Waals surface area contributed by atoms with Crippen molar-refractivity contribution in [2.75, 3.05) is 18.4 Å². The summed E-state index contributed by atoms with van der Waals surface area (Å²) in [5, 5.41) is 2.60. The molecule has 1 aromatic heterocycles. The van der Waals surface area contributed by atoms with Gasteiger partial charge in [0.1, 0.15) is 29.7 Å². The van der Waals surface area contributed by atoms with Crippen LogP contribution in [0.5, 0.6) is 0 Å². The fourth-order valence-corrected chi connectivity index (χ4v) is 3.70. The van der Waals surface area contributed by atoms with E-state index in [1.807, 2.05) is 0 Å². The second-order valence-corrected chi connectivity index (χ2v) is 7.28. The number of carbonyl (C=O) groups excluding carboxylic acids is 2. The second-order valence-electron chi connectivity index (χ2n) is 7.28. The van der Waals surface area contributed by atoms with Gasteiger partial charge in [0.25, 0.3) is 11.5 Å². The van der Waals surface area contributed by atoms with Crippen molar-refractivity contribution >= 4 is 28.4 Å². The van der Waals surface area contributed by atoms with E-state index in [1.54, 1.807) is 17.6 Å². The number of rotatable bonds is 5. The summed E-state index contributed by atoms with van der Waals surface area (Å²) >= 11 is 0. The molecule has 0 saturated heterocycles. The van der Waals surface area contributed by atoms with Crippen LogP contribution in [-0.2, 0) is 17.8 Å². The summed E-state index contributed by atoms with van der Waals surface area (Å²) in [7, 11) is 0. The summed E-state index contributed by atoms with van der Waals surface area (Å²) in [6.07, 6.45) is 1.56. The predicted octanol–water partition coefficient (Wildman–Crippen LogP) is 2.72. The molecule has 1 aliphatic rings. The first-order valence-electron chi connectivity index (χ1n) is 9.95. The van der Waals surface area contributed by atoms with E-state index in [2.05, 4.69) is 10.3 Å². The molecular formula is C22H20F2N4O3. The van der Waals surface area contributed by atoms with Gasteiger partial charge >= 0.3 is 0 Å². The lowest BCUT2D eigenvalue weighted by Crippen LogP contribution is -2.38. The van der Waals surface area contributed by atoms with Gasteiger partial charge < -0.3 is 10.2 Å². The molecule has 160 valence electrons. The van der Waals surface area contributed by atoms with E-state index in [0.29, 0.717) is 29.7 Å². The first kappa shape index (κ1) is 20.6. The Morgan fingerprint density at radius 3 is 2.65 bits per heavy atom. The summed E-state index contributed by atoms with van der Waals surface area (Å²) in [6.45, 7) is 2.14. The number of aromatic nitrogens is 2. The van der Waals surface area contributed by atoms with E-state index in [-0.39, 0.29) is 24.2 Å². The molecule has 2 aromatic carbocycles. The molecule has 3 aromatic rings. The number of hydrogen-bond donors (Lipinski definition) is 1. The fraction of sp³-hybridized carbons (Fsp3) is 0.273. The van der Waals surface area contributed by atoms with Crippen molar-refractivity contribution in [3.8, 4) is 0 Å². The minimum absolute atomic E-state index is 0.130. The molecule has 7 nitrogen and oxygen atoms in total. The maximum absolute atomic E-state index is 13.8. The SMILES string of the molecule is CCN(CC(=O)Nc1c(F)cccc1F)C(=O)c1ccc2c(=O)n3c(nc2c1)CCC3. The number of carbonyl (C=O) groups is 2. The average molecular weight is 426 g/mol. The number of amides is 2. The normalized spacial score (nSPS) is 12.6. The lowest BCUT2D eigenvalue weighted by atomic mass is 10.1. The third-order valence-corrected chi connectivity index (χ3v) is 5.29. The standard InChI is InChI=1S/C22H20F2N4O3/c1-2-27(12-19(29)26-20-15(23)5-3-6-16(20)24)21(30)13-8-9-14-17(11-13)25-18-7-4-10-28(18)22(14)31/h3,5-6,8-9,11H,2,4,7,10,12H2,1H3,(H,26,29). The van der Waals surface area contributed by atoms with Crippen LogP contribution in [0.1, 0.15) is 29.5 Å². The van der Waals surface area contributed by atoms with E-state index < -0.39 is 29.1 Å². The Morgan fingerprint density at radius 2 is 1.94 bits per heavy atom. The van der Waals surface area contributed by atoms with Crippen molar-refractivity contribution in [1.29, 1.82) is 0 Å². The maximum atomic E-state index is 13.8. The number of benzene rings is 2. The molecule has 1 N–H and O–H groups in total. The molecule has 0 unspecified atom stereocenters. The molecule has 0 saturated carbocycles. The van der Waals surface area contributed by atoms with Gasteiger partial charge in [0, 0.05) is 25.1 Å². The molecule has 0 aliphatic carbocycles. The van der Waals surface area contributed by atoms with Crippen molar-refractivity contribution in [1.82, 2.24) is 14.5 Å². The molecule has 0 radical (unpaired) electrons. The van der Waals surface area contributed by atoms with Crippen LogP contribution in [0.2, 0.25) is 0 Å². The molecule has 0 atom stereocenters. The highest BCUT2D eigenvalue weighted by molar-refractivity contribution is 6.01. The predicted molar refractivity (Wildman–Crippen MR) is 111 cm³/mol. The molecular weight excluding hydrogens is 406 g/mol. The fourth-order valence-electron chi connectivity index (χ4n) is 3.70. The highest BCUT2D eigenvalue weighted by Crippen LogP contribution is 2.19. The Kier molecular flexibility index (Phi) is 5.50. The number of nitrogens with zero attached hydrogens (tertiary/aromatic N) is 3. The molecule has 0 spiro atoms. The Labute approximate surface area is 176 Å². The Balaban J connectivity index is 1.56. The van der Waals surface area contributed by atoms with E-state index >= 15 is 0 Å². The number of hydrogen-bond acceptors (Lipinski definition) is 4. The van der Waals surface area contributed by atoms with Gasteiger partial charge in [-0.05, 0) is 43.7 Å². The Hall–Kier alpha value is -3.62. The molecule has 0 fully saturated rings. The van der Waals surface area contributed by atoms with Crippen molar-refractivity contribution in [2.45, 2.75) is 26.3 Å². The first-order chi connectivity index (χ1) is 14.9. The lowest BCUT2D eigenvalue weighted by Gasteiger charge is -2.21. The molecule has 31 heavy (non-hydrogen) atoms. The number of likely N-dealkylation sites (N-methyl/N-ethyl adjacent to an activating group) is 1. The summed E-state index contributed by atoms with van der Waals surface area (Å²) in [5.41, 5.74) is 0.0161. The van der Waals surface area contributed by atoms with E-state index in [1.165, 1.54) is 23.1 Å². The molecule has 1 aliphatic heterocycles. The van der Waals surface area contributed by atoms with Crippen molar-refractivity contribution in [3.63, 3.8) is 0 Å². The number of halogens is 2. The van der Waals surface area contributed by atoms with Gasteiger partial charge in [-0.3, -0.25) is 19.0 Å². The van der Waals surface area contributed by atoms with Gasteiger partial charge in [0.2, 0.25) is 5.91 Å². The van der Waals surface area contributed by atoms with Gasteiger partial charge in [-0.1, -0.05) is 6.07 Å². The maximum Gasteiger partial charge on any atom is 0.261 e. The van der Waals surface area contributed by atoms with Crippen molar-refractivity contribution in [3.05, 3.63) is 69.8 Å². The van der Waals surface area contributed by atoms with E-state index in [9.17, 15) is 23.2 Å². The van der Waals surface area contributed by atoms with Crippen LogP contribution in [0.15, 0.2) is 41.2 Å². The van der Waals surface area contributed by atoms with E-state index in [4.69, 9.17) is 0 Å². The zero-order chi connectivity index (χ0) is 22.1. The molecule has 2 amide bonds. The van der Waals surface area contributed by atoms with Crippen LogP contribution >= 0.6 is 0 Å². The van der Waals surface area contributed by atoms with Crippen LogP contribution in [0.25, 0.3) is 10.9 Å². The van der Waals surface area contributed by atoms with Crippen LogP contribution < -0.4 is 10.9 Å². The summed E-state index contributed by atoms with van der Waals surface area (Å²) < 4.78 is 29.2. The van der Waals surface area contributed by atoms with Crippen LogP contribution in [-0.4, -0.2) is 39.4 Å². The molecule has 0 bridgehead atoms. The third kappa shape index (κ3) is 3.90. The molecule has 4 rings (SSSR count). The molecule has 9 heteroatoms. The van der Waals surface area contributed by atoms with Gasteiger partial charge in [-0.15, -0.1) is 0 Å². The smallest absolute Gasteiger partial charge is 0.261 e. The Morgan fingerprint density at radius 1 is 1.19 bits per heavy atom. The average Bonchev–Trinajstić information content (AvgIpc) is 3.23. The van der Waals surface area contributed by atoms with E-state index in [0.717, 1.165) is 18.6 Å². The highest BCUT2D eigenvalue weighted by atomic mass is 19.1. The summed E-state index contributed by atoms with van der Waals surface area (Å²) in [4.78, 5) is 43.6. The number of nitrogens with one attached hydrogen (secondary N) is 1. The van der Waals surface area contributed by atoms with Crippen LogP contribution in [0.3, 0.4) is 0 Å².